The smallest absolute Gasteiger partial charge is 0.345 e. The highest BCUT2D eigenvalue weighted by Gasteiger charge is 2.14. The third kappa shape index (κ3) is 2.63. The topological polar surface area (TPSA) is 77.2 Å². The molecule has 22 heavy (non-hydrogen) atoms. The number of carbonyl (C=O) groups excluding carboxylic acids is 1. The van der Waals surface area contributed by atoms with Gasteiger partial charge < -0.3 is 9.84 Å². The maximum Gasteiger partial charge on any atom is 0.345 e. The van der Waals surface area contributed by atoms with Crippen molar-refractivity contribution in [2.45, 2.75) is 20.4 Å². The second-order valence-electron chi connectivity index (χ2n) is 4.98. The first-order chi connectivity index (χ1) is 10.6. The number of aromatic hydroxyl groups is 1. The van der Waals surface area contributed by atoms with Crippen LogP contribution in [0.4, 0.5) is 0 Å². The first kappa shape index (κ1) is 14.1. The first-order valence-electron chi connectivity index (χ1n) is 6.92. The van der Waals surface area contributed by atoms with Gasteiger partial charge in [0.15, 0.2) is 0 Å². The molecule has 0 aliphatic carbocycles. The second kappa shape index (κ2) is 5.48. The molecule has 0 aliphatic heterocycles. The summed E-state index contributed by atoms with van der Waals surface area (Å²) in [5, 5.41) is 14.9. The quantitative estimate of drug-likeness (QED) is 0.752. The van der Waals surface area contributed by atoms with Crippen LogP contribution in [0.25, 0.3) is 10.9 Å². The molecule has 1 N–H and O–H groups in total. The van der Waals surface area contributed by atoms with E-state index >= 15 is 0 Å². The van der Waals surface area contributed by atoms with Crippen LogP contribution in [0, 0.1) is 6.92 Å². The van der Waals surface area contributed by atoms with Crippen LogP contribution in [-0.4, -0.2) is 25.8 Å². The van der Waals surface area contributed by atoms with Crippen molar-refractivity contribution in [3.63, 3.8) is 0 Å². The van der Waals surface area contributed by atoms with Crippen molar-refractivity contribution >= 4 is 16.9 Å². The Kier molecular flexibility index (Phi) is 3.50. The molecule has 112 valence electrons. The minimum atomic E-state index is -0.584. The van der Waals surface area contributed by atoms with E-state index in [1.54, 1.807) is 35.3 Å². The van der Waals surface area contributed by atoms with Crippen molar-refractivity contribution in [2.75, 3.05) is 0 Å². The fraction of sp³-hybridized carbons (Fsp3) is 0.188. The van der Waals surface area contributed by atoms with Crippen molar-refractivity contribution < 1.29 is 14.6 Å². The van der Waals surface area contributed by atoms with E-state index in [4.69, 9.17) is 4.74 Å². The van der Waals surface area contributed by atoms with E-state index in [9.17, 15) is 9.90 Å². The van der Waals surface area contributed by atoms with Gasteiger partial charge >= 0.3 is 5.97 Å². The summed E-state index contributed by atoms with van der Waals surface area (Å²) >= 11 is 0. The monoisotopic (exact) mass is 297 g/mol. The van der Waals surface area contributed by atoms with Crippen LogP contribution < -0.4 is 4.74 Å². The Morgan fingerprint density at radius 2 is 2.18 bits per heavy atom. The number of aryl methyl sites for hydroxylation is 2. The van der Waals surface area contributed by atoms with E-state index in [-0.39, 0.29) is 17.2 Å². The molecule has 2 heterocycles. The maximum atomic E-state index is 12.2. The summed E-state index contributed by atoms with van der Waals surface area (Å²) in [6, 6.07) is 6.40. The van der Waals surface area contributed by atoms with Crippen LogP contribution in [0.5, 0.6) is 11.6 Å². The predicted molar refractivity (Wildman–Crippen MR) is 81.0 cm³/mol. The van der Waals surface area contributed by atoms with Gasteiger partial charge in [-0.15, -0.1) is 0 Å². The molecule has 0 bridgehead atoms. The molecule has 0 radical (unpaired) electrons. The predicted octanol–water partition coefficient (Wildman–Crippen LogP) is 2.68. The summed E-state index contributed by atoms with van der Waals surface area (Å²) in [5.74, 6) is -0.366. The number of pyridine rings is 1. The number of phenols is 1. The number of esters is 1. The van der Waals surface area contributed by atoms with Gasteiger partial charge in [0.2, 0.25) is 5.88 Å². The number of fused-ring (bicyclic) bond motifs is 1. The van der Waals surface area contributed by atoms with E-state index in [1.807, 2.05) is 13.8 Å². The summed E-state index contributed by atoms with van der Waals surface area (Å²) in [6.45, 7) is 4.52. The third-order valence-corrected chi connectivity index (χ3v) is 3.29. The lowest BCUT2D eigenvalue weighted by atomic mass is 10.1. The lowest BCUT2D eigenvalue weighted by Gasteiger charge is -2.04. The van der Waals surface area contributed by atoms with Gasteiger partial charge in [-0.05, 0) is 31.5 Å². The highest BCUT2D eigenvalue weighted by Crippen LogP contribution is 2.26. The molecular formula is C16H15N3O3. The van der Waals surface area contributed by atoms with E-state index in [2.05, 4.69) is 10.1 Å². The number of hydrogen-bond donors (Lipinski definition) is 1. The molecule has 3 rings (SSSR count). The molecule has 0 unspecified atom stereocenters. The minimum Gasteiger partial charge on any atom is -0.507 e. The number of carbonyl (C=O) groups is 1. The fourth-order valence-corrected chi connectivity index (χ4v) is 2.10. The summed E-state index contributed by atoms with van der Waals surface area (Å²) < 4.78 is 6.89. The summed E-state index contributed by atoms with van der Waals surface area (Å²) in [7, 11) is 0. The third-order valence-electron chi connectivity index (χ3n) is 3.29. The summed E-state index contributed by atoms with van der Waals surface area (Å²) in [6.07, 6.45) is 3.35. The molecule has 1 aromatic carbocycles. The Hall–Kier alpha value is -2.89. The van der Waals surface area contributed by atoms with Crippen molar-refractivity contribution in [3.05, 3.63) is 47.8 Å². The second-order valence-corrected chi connectivity index (χ2v) is 4.98. The van der Waals surface area contributed by atoms with Crippen LogP contribution >= 0.6 is 0 Å². The number of aromatic nitrogens is 3. The van der Waals surface area contributed by atoms with Gasteiger partial charge in [-0.25, -0.2) is 9.78 Å². The van der Waals surface area contributed by atoms with Crippen LogP contribution in [-0.2, 0) is 6.54 Å². The Bertz CT molecular complexity index is 838. The van der Waals surface area contributed by atoms with Gasteiger partial charge in [0, 0.05) is 25.0 Å². The molecule has 0 amide bonds. The van der Waals surface area contributed by atoms with Gasteiger partial charge in [-0.3, -0.25) is 4.68 Å². The average Bonchev–Trinajstić information content (AvgIpc) is 2.93. The lowest BCUT2D eigenvalue weighted by molar-refractivity contribution is 0.0727. The van der Waals surface area contributed by atoms with Crippen LogP contribution in [0.2, 0.25) is 0 Å². The number of ether oxygens (including phenoxy) is 1. The zero-order chi connectivity index (χ0) is 15.7. The van der Waals surface area contributed by atoms with Crippen molar-refractivity contribution in [1.82, 2.24) is 14.8 Å². The van der Waals surface area contributed by atoms with Crippen molar-refractivity contribution in [3.8, 4) is 11.6 Å². The van der Waals surface area contributed by atoms with E-state index in [0.29, 0.717) is 17.4 Å². The molecular weight excluding hydrogens is 282 g/mol. The van der Waals surface area contributed by atoms with Crippen molar-refractivity contribution in [2.24, 2.45) is 0 Å². The van der Waals surface area contributed by atoms with Crippen LogP contribution in [0.1, 0.15) is 22.8 Å². The van der Waals surface area contributed by atoms with Crippen LogP contribution in [0.3, 0.4) is 0 Å². The number of benzene rings is 1. The molecule has 0 aliphatic rings. The van der Waals surface area contributed by atoms with Crippen LogP contribution in [0.15, 0.2) is 36.7 Å². The lowest BCUT2D eigenvalue weighted by Crippen LogP contribution is -2.09. The fourth-order valence-electron chi connectivity index (χ4n) is 2.10. The molecule has 3 aromatic rings. The molecule has 6 nitrogen and oxygen atoms in total. The first-order valence-corrected chi connectivity index (χ1v) is 6.92. The number of phenolic OH excluding ortho intramolecular Hbond substituents is 1. The average molecular weight is 297 g/mol. The van der Waals surface area contributed by atoms with E-state index < -0.39 is 5.97 Å². The van der Waals surface area contributed by atoms with E-state index in [1.165, 1.54) is 6.07 Å². The number of rotatable bonds is 3. The SMILES string of the molecule is CCn1cc2c(O)cc(C(=O)Oc3ccc(C)cn3)cc2n1. The van der Waals surface area contributed by atoms with Crippen molar-refractivity contribution in [1.29, 1.82) is 0 Å². The molecule has 0 saturated heterocycles. The highest BCUT2D eigenvalue weighted by atomic mass is 16.5. The number of hydrogen-bond acceptors (Lipinski definition) is 5. The Balaban J connectivity index is 1.91. The molecule has 2 aromatic heterocycles. The molecule has 0 fully saturated rings. The van der Waals surface area contributed by atoms with Gasteiger partial charge in [0.25, 0.3) is 0 Å². The summed E-state index contributed by atoms with van der Waals surface area (Å²) in [4.78, 5) is 16.2. The normalized spacial score (nSPS) is 10.8. The Labute approximate surface area is 127 Å². The zero-order valence-corrected chi connectivity index (χ0v) is 12.3. The molecule has 6 heteroatoms. The van der Waals surface area contributed by atoms with Gasteiger partial charge in [-0.1, -0.05) is 6.07 Å². The molecule has 0 saturated carbocycles. The van der Waals surface area contributed by atoms with Gasteiger partial charge in [0.05, 0.1) is 16.5 Å². The zero-order valence-electron chi connectivity index (χ0n) is 12.3. The maximum absolute atomic E-state index is 12.2. The Morgan fingerprint density at radius 1 is 1.36 bits per heavy atom. The standard InChI is InChI=1S/C16H15N3O3/c1-3-19-9-12-13(18-19)6-11(7-14(12)20)16(21)22-15-5-4-10(2)8-17-15/h4-9,20H,3H2,1-2H3. The minimum absolute atomic E-state index is 0.000940. The van der Waals surface area contributed by atoms with E-state index in [0.717, 1.165) is 5.56 Å². The summed E-state index contributed by atoms with van der Waals surface area (Å²) in [5.41, 5.74) is 1.75. The Morgan fingerprint density at radius 3 is 2.86 bits per heavy atom. The molecule has 0 atom stereocenters. The molecule has 0 spiro atoms. The highest BCUT2D eigenvalue weighted by molar-refractivity contribution is 5.97. The largest absolute Gasteiger partial charge is 0.507 e. The van der Waals surface area contributed by atoms with Gasteiger partial charge in [-0.2, -0.15) is 5.10 Å². The van der Waals surface area contributed by atoms with Gasteiger partial charge in [0.1, 0.15) is 5.75 Å². The number of nitrogens with zero attached hydrogens (tertiary/aromatic N) is 3.